The topological polar surface area (TPSA) is 89.0 Å². The summed E-state index contributed by atoms with van der Waals surface area (Å²) >= 11 is 5.19. The molecule has 3 rings (SSSR count). The van der Waals surface area contributed by atoms with Crippen molar-refractivity contribution in [3.8, 4) is 17.0 Å². The van der Waals surface area contributed by atoms with Crippen molar-refractivity contribution in [2.24, 2.45) is 0 Å². The van der Waals surface area contributed by atoms with Gasteiger partial charge in [0.05, 0.1) is 11.9 Å². The summed E-state index contributed by atoms with van der Waals surface area (Å²) in [4.78, 5) is 24.4. The van der Waals surface area contributed by atoms with E-state index in [1.807, 2.05) is 18.2 Å². The number of rotatable bonds is 5. The molecule has 2 heterocycles. The fourth-order valence-electron chi connectivity index (χ4n) is 2.29. The Hall–Kier alpha value is -3.39. The van der Waals surface area contributed by atoms with Gasteiger partial charge in [-0.3, -0.25) is 9.78 Å². The SMILES string of the molecule is C=CCNC(=S)Nc1ccc2ncc(-c3ccc(OC(C)=O)cc3)nc2n1. The van der Waals surface area contributed by atoms with Gasteiger partial charge in [-0.05, 0) is 48.6 Å². The third kappa shape index (κ3) is 4.83. The van der Waals surface area contributed by atoms with E-state index >= 15 is 0 Å². The Balaban J connectivity index is 1.84. The van der Waals surface area contributed by atoms with Gasteiger partial charge < -0.3 is 15.4 Å². The molecule has 1 aromatic carbocycles. The van der Waals surface area contributed by atoms with Crippen LogP contribution in [0.15, 0.2) is 55.3 Å². The molecule has 0 aliphatic carbocycles. The number of nitrogens with zero attached hydrogens (tertiary/aromatic N) is 3. The van der Waals surface area contributed by atoms with Crippen LogP contribution in [0.3, 0.4) is 0 Å². The normalized spacial score (nSPS) is 10.3. The standard InChI is InChI=1S/C19H17N5O2S/c1-3-10-20-19(27)24-17-9-8-15-18(23-17)22-16(11-21-15)13-4-6-14(7-5-13)26-12(2)25/h3-9,11H,1,10H2,2H3,(H2,20,22,23,24,27). The molecule has 8 heteroatoms. The van der Waals surface area contributed by atoms with Gasteiger partial charge in [0.2, 0.25) is 0 Å². The zero-order valence-corrected chi connectivity index (χ0v) is 15.4. The number of hydrogen-bond donors (Lipinski definition) is 2. The highest BCUT2D eigenvalue weighted by molar-refractivity contribution is 7.80. The van der Waals surface area contributed by atoms with Gasteiger partial charge in [-0.15, -0.1) is 6.58 Å². The van der Waals surface area contributed by atoms with Crippen LogP contribution in [-0.4, -0.2) is 32.6 Å². The lowest BCUT2D eigenvalue weighted by molar-refractivity contribution is -0.131. The number of aromatic nitrogens is 3. The van der Waals surface area contributed by atoms with Crippen molar-refractivity contribution in [3.63, 3.8) is 0 Å². The predicted molar refractivity (Wildman–Crippen MR) is 108 cm³/mol. The zero-order valence-electron chi connectivity index (χ0n) is 14.6. The van der Waals surface area contributed by atoms with E-state index in [2.05, 4.69) is 32.2 Å². The van der Waals surface area contributed by atoms with E-state index in [0.717, 1.165) is 5.56 Å². The lowest BCUT2D eigenvalue weighted by atomic mass is 10.1. The van der Waals surface area contributed by atoms with Crippen molar-refractivity contribution < 1.29 is 9.53 Å². The first-order valence-electron chi connectivity index (χ1n) is 8.13. The van der Waals surface area contributed by atoms with Gasteiger partial charge in [0, 0.05) is 19.0 Å². The van der Waals surface area contributed by atoms with E-state index < -0.39 is 0 Å². The molecular weight excluding hydrogens is 362 g/mol. The van der Waals surface area contributed by atoms with Crippen LogP contribution >= 0.6 is 12.2 Å². The van der Waals surface area contributed by atoms with Crippen molar-refractivity contribution in [1.29, 1.82) is 0 Å². The Labute approximate surface area is 161 Å². The maximum atomic E-state index is 11.0. The monoisotopic (exact) mass is 379 g/mol. The lowest BCUT2D eigenvalue weighted by Crippen LogP contribution is -2.28. The van der Waals surface area contributed by atoms with Crippen LogP contribution in [0.1, 0.15) is 6.92 Å². The van der Waals surface area contributed by atoms with E-state index in [1.54, 1.807) is 30.5 Å². The lowest BCUT2D eigenvalue weighted by Gasteiger charge is -2.09. The molecule has 2 aromatic heterocycles. The smallest absolute Gasteiger partial charge is 0.308 e. The molecular formula is C19H17N5O2S. The first kappa shape index (κ1) is 18.4. The molecule has 0 amide bonds. The Kier molecular flexibility index (Phi) is 5.68. The van der Waals surface area contributed by atoms with Crippen molar-refractivity contribution >= 4 is 40.3 Å². The Morgan fingerprint density at radius 2 is 2.00 bits per heavy atom. The van der Waals surface area contributed by atoms with Crippen LogP contribution in [0.4, 0.5) is 5.82 Å². The van der Waals surface area contributed by atoms with Gasteiger partial charge in [0.1, 0.15) is 17.1 Å². The first-order chi connectivity index (χ1) is 13.0. The average Bonchev–Trinajstić information content (AvgIpc) is 2.66. The molecule has 0 unspecified atom stereocenters. The second-order valence-corrected chi connectivity index (χ2v) is 5.94. The second-order valence-electron chi connectivity index (χ2n) is 5.54. The van der Waals surface area contributed by atoms with Gasteiger partial charge in [-0.1, -0.05) is 6.08 Å². The summed E-state index contributed by atoms with van der Waals surface area (Å²) in [6.07, 6.45) is 3.39. The highest BCUT2D eigenvalue weighted by Crippen LogP contribution is 2.22. The van der Waals surface area contributed by atoms with Crippen LogP contribution in [0.2, 0.25) is 0 Å². The van der Waals surface area contributed by atoms with E-state index in [1.165, 1.54) is 6.92 Å². The van der Waals surface area contributed by atoms with E-state index in [-0.39, 0.29) is 5.97 Å². The molecule has 0 saturated carbocycles. The number of thiocarbonyl (C=S) groups is 1. The van der Waals surface area contributed by atoms with Gasteiger partial charge in [-0.2, -0.15) is 0 Å². The Bertz CT molecular complexity index is 1000. The highest BCUT2D eigenvalue weighted by Gasteiger charge is 2.07. The Morgan fingerprint density at radius 3 is 2.70 bits per heavy atom. The molecule has 3 aromatic rings. The van der Waals surface area contributed by atoms with Crippen molar-refractivity contribution in [2.75, 3.05) is 11.9 Å². The molecule has 0 saturated heterocycles. The van der Waals surface area contributed by atoms with Crippen LogP contribution in [0, 0.1) is 0 Å². The number of ether oxygens (including phenoxy) is 1. The average molecular weight is 379 g/mol. The third-order valence-corrected chi connectivity index (χ3v) is 3.71. The molecule has 0 atom stereocenters. The van der Waals surface area contributed by atoms with Gasteiger partial charge in [0.15, 0.2) is 10.8 Å². The van der Waals surface area contributed by atoms with E-state index in [0.29, 0.717) is 40.1 Å². The summed E-state index contributed by atoms with van der Waals surface area (Å²) in [5, 5.41) is 6.43. The molecule has 0 bridgehead atoms. The van der Waals surface area contributed by atoms with Gasteiger partial charge >= 0.3 is 5.97 Å². The quantitative estimate of drug-likeness (QED) is 0.303. The van der Waals surface area contributed by atoms with Crippen LogP contribution in [0.5, 0.6) is 5.75 Å². The number of fused-ring (bicyclic) bond motifs is 1. The number of nitrogens with one attached hydrogen (secondary N) is 2. The number of pyridine rings is 1. The summed E-state index contributed by atoms with van der Waals surface area (Å²) in [5.41, 5.74) is 2.66. The van der Waals surface area contributed by atoms with Gasteiger partial charge in [-0.25, -0.2) is 9.97 Å². The predicted octanol–water partition coefficient (Wildman–Crippen LogP) is 3.09. The number of esters is 1. The van der Waals surface area contributed by atoms with Crippen molar-refractivity contribution in [2.45, 2.75) is 6.92 Å². The van der Waals surface area contributed by atoms with E-state index in [9.17, 15) is 4.79 Å². The van der Waals surface area contributed by atoms with Crippen molar-refractivity contribution in [1.82, 2.24) is 20.3 Å². The molecule has 0 spiro atoms. The number of carbonyl (C=O) groups excluding carboxylic acids is 1. The fraction of sp³-hybridized carbons (Fsp3) is 0.105. The Morgan fingerprint density at radius 1 is 1.22 bits per heavy atom. The van der Waals surface area contributed by atoms with Gasteiger partial charge in [0.25, 0.3) is 0 Å². The molecule has 27 heavy (non-hydrogen) atoms. The first-order valence-corrected chi connectivity index (χ1v) is 8.54. The van der Waals surface area contributed by atoms with Crippen molar-refractivity contribution in [3.05, 3.63) is 55.3 Å². The minimum atomic E-state index is -0.363. The highest BCUT2D eigenvalue weighted by atomic mass is 32.1. The maximum absolute atomic E-state index is 11.0. The summed E-state index contributed by atoms with van der Waals surface area (Å²) in [6, 6.07) is 10.6. The second kappa shape index (κ2) is 8.33. The van der Waals surface area contributed by atoms with Crippen LogP contribution in [-0.2, 0) is 4.79 Å². The molecule has 7 nitrogen and oxygen atoms in total. The van der Waals surface area contributed by atoms with Crippen LogP contribution < -0.4 is 15.4 Å². The molecule has 0 radical (unpaired) electrons. The number of benzene rings is 1. The minimum Gasteiger partial charge on any atom is -0.427 e. The zero-order chi connectivity index (χ0) is 19.2. The largest absolute Gasteiger partial charge is 0.427 e. The summed E-state index contributed by atoms with van der Waals surface area (Å²) < 4.78 is 5.04. The third-order valence-electron chi connectivity index (χ3n) is 3.47. The summed E-state index contributed by atoms with van der Waals surface area (Å²) in [5.74, 6) is 0.684. The van der Waals surface area contributed by atoms with Crippen LogP contribution in [0.25, 0.3) is 22.4 Å². The summed E-state index contributed by atoms with van der Waals surface area (Å²) in [6.45, 7) is 5.55. The maximum Gasteiger partial charge on any atom is 0.308 e. The number of anilines is 1. The fourth-order valence-corrected chi connectivity index (χ4v) is 2.48. The minimum absolute atomic E-state index is 0.363. The van der Waals surface area contributed by atoms with E-state index in [4.69, 9.17) is 17.0 Å². The summed E-state index contributed by atoms with van der Waals surface area (Å²) in [7, 11) is 0. The molecule has 136 valence electrons. The molecule has 0 aliphatic rings. The molecule has 2 N–H and O–H groups in total. The number of carbonyl (C=O) groups is 1. The number of hydrogen-bond acceptors (Lipinski definition) is 6. The molecule has 0 fully saturated rings. The molecule has 0 aliphatic heterocycles.